The molecule has 0 aromatic heterocycles. The first-order valence-electron chi connectivity index (χ1n) is 14.5. The molecule has 5 heteroatoms. The van der Waals surface area contributed by atoms with E-state index in [-0.39, 0.29) is 11.9 Å². The van der Waals surface area contributed by atoms with Crippen molar-refractivity contribution in [1.82, 2.24) is 4.90 Å². The van der Waals surface area contributed by atoms with Gasteiger partial charge in [-0.05, 0) is 70.3 Å². The van der Waals surface area contributed by atoms with E-state index in [1.807, 2.05) is 44.2 Å². The Labute approximate surface area is 236 Å². The Morgan fingerprint density at radius 1 is 0.872 bits per heavy atom. The molecule has 0 aliphatic carbocycles. The number of carbonyl (C=O) groups excluding carboxylic acids is 2. The number of allylic oxidation sites excluding steroid dienone is 10. The largest absolute Gasteiger partial charge is 0.439 e. The fraction of sp³-hybridized carbons (Fsp3) is 0.471. The molecule has 1 fully saturated rings. The molecule has 1 aliphatic heterocycles. The van der Waals surface area contributed by atoms with Crippen LogP contribution >= 0.6 is 0 Å². The van der Waals surface area contributed by atoms with E-state index in [0.717, 1.165) is 56.9 Å². The first-order valence-corrected chi connectivity index (χ1v) is 14.5. The lowest BCUT2D eigenvalue weighted by Crippen LogP contribution is -2.44. The zero-order valence-corrected chi connectivity index (χ0v) is 24.0. The van der Waals surface area contributed by atoms with Gasteiger partial charge in [0.2, 0.25) is 0 Å². The number of amides is 2. The molecule has 39 heavy (non-hydrogen) atoms. The van der Waals surface area contributed by atoms with Gasteiger partial charge in [-0.1, -0.05) is 105 Å². The summed E-state index contributed by atoms with van der Waals surface area (Å²) in [5.74, 6) is -0.314. The van der Waals surface area contributed by atoms with Crippen LogP contribution in [-0.2, 0) is 14.3 Å². The van der Waals surface area contributed by atoms with E-state index in [4.69, 9.17) is 9.47 Å². The Morgan fingerprint density at radius 3 is 2.00 bits per heavy atom. The molecule has 0 saturated carbocycles. The van der Waals surface area contributed by atoms with Gasteiger partial charge >= 0.3 is 6.09 Å². The average molecular weight is 534 g/mol. The highest BCUT2D eigenvalue weighted by atomic mass is 16.6. The molecule has 212 valence electrons. The molecule has 1 saturated heterocycles. The monoisotopic (exact) mass is 533 g/mol. The van der Waals surface area contributed by atoms with Crippen molar-refractivity contribution in [3.8, 4) is 0 Å². The van der Waals surface area contributed by atoms with E-state index in [1.54, 1.807) is 0 Å². The summed E-state index contributed by atoms with van der Waals surface area (Å²) in [5.41, 5.74) is 0.887. The van der Waals surface area contributed by atoms with Crippen molar-refractivity contribution < 1.29 is 19.1 Å². The number of nitrogens with zero attached hydrogens (tertiary/aromatic N) is 1. The van der Waals surface area contributed by atoms with Gasteiger partial charge in [0.15, 0.2) is 0 Å². The molecule has 0 unspecified atom stereocenters. The van der Waals surface area contributed by atoms with Crippen molar-refractivity contribution in [3.63, 3.8) is 0 Å². The van der Waals surface area contributed by atoms with Gasteiger partial charge in [-0.3, -0.25) is 4.79 Å². The van der Waals surface area contributed by atoms with Crippen LogP contribution in [0.1, 0.15) is 90.2 Å². The van der Waals surface area contributed by atoms with Crippen molar-refractivity contribution >= 4 is 12.0 Å². The molecule has 1 aliphatic rings. The van der Waals surface area contributed by atoms with E-state index in [0.29, 0.717) is 13.0 Å². The van der Waals surface area contributed by atoms with Crippen LogP contribution in [0, 0.1) is 0 Å². The van der Waals surface area contributed by atoms with Gasteiger partial charge in [0.1, 0.15) is 12.2 Å². The lowest BCUT2D eigenvalue weighted by atomic mass is 10.0. The smallest absolute Gasteiger partial charge is 0.417 e. The minimum Gasteiger partial charge on any atom is -0.439 e. The molecule has 1 heterocycles. The maximum Gasteiger partial charge on any atom is 0.417 e. The third-order valence-corrected chi connectivity index (χ3v) is 6.52. The van der Waals surface area contributed by atoms with Gasteiger partial charge in [0, 0.05) is 6.61 Å². The maximum absolute atomic E-state index is 13.1. The predicted octanol–water partition coefficient (Wildman–Crippen LogP) is 8.81. The molecule has 2 amide bonds. The topological polar surface area (TPSA) is 55.8 Å². The maximum atomic E-state index is 13.1. The molecule has 0 bridgehead atoms. The van der Waals surface area contributed by atoms with E-state index in [1.165, 1.54) is 4.90 Å². The quantitative estimate of drug-likeness (QED) is 0.140. The number of ether oxygens (including phenoxy) is 2. The number of hydrogen-bond donors (Lipinski definition) is 0. The van der Waals surface area contributed by atoms with Crippen molar-refractivity contribution in [3.05, 3.63) is 96.7 Å². The molecule has 5 nitrogen and oxygen atoms in total. The van der Waals surface area contributed by atoms with Crippen LogP contribution in [0.25, 0.3) is 0 Å². The summed E-state index contributed by atoms with van der Waals surface area (Å²) >= 11 is 0. The SMILES string of the molecule is CC/C=C/C/C=C/C/C=C/C/C=C/C/C=C/CCCCO[C@@H](CC)C(=O)N1C(=O)O[C@H](c2ccccc2)[C@@H]1C. The summed E-state index contributed by atoms with van der Waals surface area (Å²) in [5, 5.41) is 0. The van der Waals surface area contributed by atoms with Gasteiger partial charge < -0.3 is 9.47 Å². The summed E-state index contributed by atoms with van der Waals surface area (Å²) in [7, 11) is 0. The van der Waals surface area contributed by atoms with Gasteiger partial charge in [-0.2, -0.15) is 0 Å². The number of carbonyl (C=O) groups is 2. The number of rotatable bonds is 18. The van der Waals surface area contributed by atoms with E-state index < -0.39 is 18.3 Å². The number of unbranched alkanes of at least 4 members (excludes halogenated alkanes) is 2. The average Bonchev–Trinajstić information content (AvgIpc) is 3.25. The van der Waals surface area contributed by atoms with Crippen LogP contribution in [-0.4, -0.2) is 35.7 Å². The predicted molar refractivity (Wildman–Crippen MR) is 160 cm³/mol. The standard InChI is InChI=1S/C34H47NO4/c1-4-6-7-8-9-10-11-12-13-14-15-16-17-18-19-20-21-25-28-38-31(5-2)33(36)35-29(3)32(39-34(35)37)30-26-23-22-24-27-30/h6-7,9-10,12-13,15-16,18-19,22-24,26-27,29,31-32H,4-5,8,11,14,17,20-21,25,28H2,1-3H3/b7-6+,10-9+,13-12+,16-15+,19-18+/t29-,31-,32-/m0/s1. The molecule has 3 atom stereocenters. The molecule has 0 N–H and O–H groups in total. The normalized spacial score (nSPS) is 18.9. The second-order valence-electron chi connectivity index (χ2n) is 9.64. The minimum atomic E-state index is -0.636. The van der Waals surface area contributed by atoms with Crippen LogP contribution < -0.4 is 0 Å². The second kappa shape index (κ2) is 19.8. The number of benzene rings is 1. The lowest BCUT2D eigenvalue weighted by Gasteiger charge is -2.24. The Balaban J connectivity index is 1.57. The molecule has 0 radical (unpaired) electrons. The fourth-order valence-corrected chi connectivity index (χ4v) is 4.32. The van der Waals surface area contributed by atoms with Crippen molar-refractivity contribution in [1.29, 1.82) is 0 Å². The summed E-state index contributed by atoms with van der Waals surface area (Å²) < 4.78 is 11.4. The molecule has 0 spiro atoms. The summed E-state index contributed by atoms with van der Waals surface area (Å²) in [4.78, 5) is 26.8. The molecule has 2 rings (SSSR count). The van der Waals surface area contributed by atoms with Crippen molar-refractivity contribution in [2.24, 2.45) is 0 Å². The lowest BCUT2D eigenvalue weighted by molar-refractivity contribution is -0.141. The summed E-state index contributed by atoms with van der Waals surface area (Å²) in [6.45, 7) is 6.39. The highest BCUT2D eigenvalue weighted by Gasteiger charge is 2.45. The van der Waals surface area contributed by atoms with Crippen LogP contribution in [0.5, 0.6) is 0 Å². The highest BCUT2D eigenvalue weighted by molar-refractivity contribution is 5.96. The Kier molecular flexibility index (Phi) is 16.3. The van der Waals surface area contributed by atoms with Gasteiger partial charge in [0.25, 0.3) is 5.91 Å². The highest BCUT2D eigenvalue weighted by Crippen LogP contribution is 2.33. The van der Waals surface area contributed by atoms with Crippen LogP contribution in [0.15, 0.2) is 91.1 Å². The molecular weight excluding hydrogens is 486 g/mol. The minimum absolute atomic E-state index is 0.314. The number of imide groups is 1. The Morgan fingerprint density at radius 2 is 1.44 bits per heavy atom. The van der Waals surface area contributed by atoms with Crippen LogP contribution in [0.3, 0.4) is 0 Å². The fourth-order valence-electron chi connectivity index (χ4n) is 4.32. The number of hydrogen-bond acceptors (Lipinski definition) is 4. The van der Waals surface area contributed by atoms with Crippen molar-refractivity contribution in [2.45, 2.75) is 96.8 Å². The first kappa shape index (κ1) is 32.0. The van der Waals surface area contributed by atoms with Crippen molar-refractivity contribution in [2.75, 3.05) is 6.61 Å². The van der Waals surface area contributed by atoms with E-state index in [9.17, 15) is 9.59 Å². The Hall–Kier alpha value is -3.18. The summed E-state index contributed by atoms with van der Waals surface area (Å²) in [6, 6.07) is 9.16. The zero-order chi connectivity index (χ0) is 28.1. The van der Waals surface area contributed by atoms with Crippen LogP contribution in [0.2, 0.25) is 0 Å². The second-order valence-corrected chi connectivity index (χ2v) is 9.64. The Bertz CT molecular complexity index is 976. The zero-order valence-electron chi connectivity index (χ0n) is 24.0. The van der Waals surface area contributed by atoms with E-state index >= 15 is 0 Å². The summed E-state index contributed by atoms with van der Waals surface area (Å²) in [6.07, 6.45) is 28.7. The molecular formula is C34H47NO4. The van der Waals surface area contributed by atoms with Gasteiger partial charge in [-0.25, -0.2) is 9.69 Å². The van der Waals surface area contributed by atoms with Gasteiger partial charge in [0.05, 0.1) is 6.04 Å². The van der Waals surface area contributed by atoms with E-state index in [2.05, 4.69) is 67.7 Å². The van der Waals surface area contributed by atoms with Crippen LogP contribution in [0.4, 0.5) is 4.79 Å². The first-order chi connectivity index (χ1) is 19.1. The third-order valence-electron chi connectivity index (χ3n) is 6.52. The number of cyclic esters (lactones) is 1. The molecule has 1 aromatic carbocycles. The van der Waals surface area contributed by atoms with Gasteiger partial charge in [-0.15, -0.1) is 0 Å². The third kappa shape index (κ3) is 12.0. The molecule has 1 aromatic rings.